The fraction of sp³-hybridized carbons (Fsp3) is 0.286. The Bertz CT molecular complexity index is 1800. The van der Waals surface area contributed by atoms with Gasteiger partial charge in [-0.05, 0) is 60.9 Å². The fourth-order valence-electron chi connectivity index (χ4n) is 5.77. The number of amides is 4. The number of aromatic nitrogens is 1. The molecule has 1 fully saturated rings. The number of aliphatic carboxylic acids is 1. The second-order valence-electron chi connectivity index (χ2n) is 11.6. The van der Waals surface area contributed by atoms with Crippen LogP contribution in [0.15, 0.2) is 77.3 Å². The van der Waals surface area contributed by atoms with Gasteiger partial charge in [0.25, 0.3) is 5.91 Å². The Balaban J connectivity index is 1.23. The number of hydrogen-bond donors (Lipinski definition) is 2. The summed E-state index contributed by atoms with van der Waals surface area (Å²) in [5.74, 6) is -1.85. The minimum Gasteiger partial charge on any atom is -0.495 e. The van der Waals surface area contributed by atoms with Gasteiger partial charge in [0, 0.05) is 50.5 Å². The number of methoxy groups -OCH3 is 1. The molecular weight excluding hydrogens is 602 g/mol. The largest absolute Gasteiger partial charge is 0.495 e. The van der Waals surface area contributed by atoms with Gasteiger partial charge in [-0.25, -0.2) is 4.79 Å². The lowest BCUT2D eigenvalue weighted by Crippen LogP contribution is -2.31. The maximum Gasteiger partial charge on any atom is 0.326 e. The van der Waals surface area contributed by atoms with E-state index in [4.69, 9.17) is 9.26 Å². The zero-order chi connectivity index (χ0) is 33.8. The molecule has 0 saturated carbocycles. The molecule has 3 aromatic carbocycles. The van der Waals surface area contributed by atoms with E-state index in [9.17, 15) is 24.3 Å². The molecule has 1 saturated heterocycles. The molecule has 1 aromatic heterocycles. The monoisotopic (exact) mass is 639 g/mol. The highest BCUT2D eigenvalue weighted by molar-refractivity contribution is 6.02. The minimum atomic E-state index is -0.989. The van der Waals surface area contributed by atoms with E-state index in [1.165, 1.54) is 27.9 Å². The van der Waals surface area contributed by atoms with Gasteiger partial charge in [0.2, 0.25) is 5.91 Å². The van der Waals surface area contributed by atoms with E-state index in [2.05, 4.69) is 10.5 Å². The maximum absolute atomic E-state index is 13.3. The van der Waals surface area contributed by atoms with Crippen molar-refractivity contribution in [1.29, 1.82) is 0 Å². The van der Waals surface area contributed by atoms with Crippen molar-refractivity contribution in [2.75, 3.05) is 49.4 Å². The topological polar surface area (TPSA) is 146 Å². The number of nitrogens with zero attached hydrogens (tertiary/aromatic N) is 4. The third kappa shape index (κ3) is 7.11. The zero-order valence-corrected chi connectivity index (χ0v) is 26.9. The highest BCUT2D eigenvalue weighted by atomic mass is 16.5. The van der Waals surface area contributed by atoms with Crippen LogP contribution in [0.4, 0.5) is 21.9 Å². The third-order valence-corrected chi connectivity index (χ3v) is 8.50. The van der Waals surface area contributed by atoms with Gasteiger partial charge in [-0.3, -0.25) is 19.3 Å². The van der Waals surface area contributed by atoms with Crippen LogP contribution < -0.4 is 19.9 Å². The van der Waals surface area contributed by atoms with Crippen LogP contribution in [0.5, 0.6) is 5.75 Å². The third-order valence-electron chi connectivity index (χ3n) is 8.50. The van der Waals surface area contributed by atoms with Crippen molar-refractivity contribution in [1.82, 2.24) is 10.1 Å². The van der Waals surface area contributed by atoms with E-state index in [0.29, 0.717) is 28.4 Å². The average molecular weight is 640 g/mol. The van der Waals surface area contributed by atoms with E-state index in [-0.39, 0.29) is 43.0 Å². The van der Waals surface area contributed by atoms with E-state index in [1.807, 2.05) is 31.2 Å². The van der Waals surface area contributed by atoms with Crippen molar-refractivity contribution in [2.45, 2.75) is 26.2 Å². The Morgan fingerprint density at radius 2 is 1.70 bits per heavy atom. The lowest BCUT2D eigenvalue weighted by Gasteiger charge is -2.21. The number of benzene rings is 3. The van der Waals surface area contributed by atoms with Gasteiger partial charge in [0.05, 0.1) is 25.1 Å². The first-order chi connectivity index (χ1) is 22.5. The molecule has 0 radical (unpaired) electrons. The molecule has 4 amide bonds. The molecule has 244 valence electrons. The molecule has 0 bridgehead atoms. The Hall–Kier alpha value is -5.65. The Kier molecular flexibility index (Phi) is 9.59. The Morgan fingerprint density at radius 3 is 2.34 bits per heavy atom. The number of rotatable bonds is 9. The standard InChI is InChI=1S/C35H37N5O7/c1-21-8-6-7-9-30(21)39(4)35(45)36-28-15-10-23(17-31(28)46-5)18-32(41)38(3)25-13-11-24(12-14-25)26-19-40(20-27(26)34(43)44)33(42)29-16-22(2)47-37-29/h6-17,26-27H,18-20H2,1-5H3,(H,36,45)(H,43,44). The number of likely N-dealkylation sites (N-methyl/N-ethyl adjacent to an activating group) is 1. The molecular formula is C35H37N5O7. The highest BCUT2D eigenvalue weighted by Crippen LogP contribution is 2.35. The number of urea groups is 1. The number of likely N-dealkylation sites (tertiary alicyclic amines) is 1. The molecule has 2 N–H and O–H groups in total. The van der Waals surface area contributed by atoms with Crippen molar-refractivity contribution >= 4 is 40.9 Å². The Labute approximate surface area is 272 Å². The van der Waals surface area contributed by atoms with Crippen molar-refractivity contribution < 1.29 is 33.5 Å². The second-order valence-corrected chi connectivity index (χ2v) is 11.6. The molecule has 1 aliphatic heterocycles. The lowest BCUT2D eigenvalue weighted by molar-refractivity contribution is -0.141. The average Bonchev–Trinajstić information content (AvgIpc) is 3.72. The summed E-state index contributed by atoms with van der Waals surface area (Å²) in [4.78, 5) is 55.8. The van der Waals surface area contributed by atoms with Crippen LogP contribution >= 0.6 is 0 Å². The van der Waals surface area contributed by atoms with Crippen LogP contribution in [-0.2, 0) is 16.0 Å². The molecule has 5 rings (SSSR count). The summed E-state index contributed by atoms with van der Waals surface area (Å²) in [7, 11) is 4.86. The minimum absolute atomic E-state index is 0.0558. The smallest absolute Gasteiger partial charge is 0.326 e. The van der Waals surface area contributed by atoms with Gasteiger partial charge >= 0.3 is 12.0 Å². The van der Waals surface area contributed by atoms with Crippen molar-refractivity contribution in [2.24, 2.45) is 5.92 Å². The lowest BCUT2D eigenvalue weighted by atomic mass is 9.89. The zero-order valence-electron chi connectivity index (χ0n) is 26.9. The molecule has 2 heterocycles. The van der Waals surface area contributed by atoms with Crippen LogP contribution in [0.1, 0.15) is 38.9 Å². The number of nitrogens with one attached hydrogen (secondary N) is 1. The van der Waals surface area contributed by atoms with Gasteiger partial charge < -0.3 is 29.5 Å². The van der Waals surface area contributed by atoms with E-state index >= 15 is 0 Å². The second kappa shape index (κ2) is 13.8. The molecule has 0 spiro atoms. The van der Waals surface area contributed by atoms with Crippen LogP contribution in [0, 0.1) is 19.8 Å². The van der Waals surface area contributed by atoms with Crippen molar-refractivity contribution in [3.63, 3.8) is 0 Å². The number of carboxylic acids is 1. The number of ether oxygens (including phenoxy) is 1. The quantitative estimate of drug-likeness (QED) is 0.257. The van der Waals surface area contributed by atoms with Gasteiger partial charge in [-0.15, -0.1) is 0 Å². The van der Waals surface area contributed by atoms with Gasteiger partial charge in [-0.1, -0.05) is 41.6 Å². The first-order valence-corrected chi connectivity index (χ1v) is 15.1. The van der Waals surface area contributed by atoms with E-state index in [1.54, 1.807) is 63.5 Å². The molecule has 12 heteroatoms. The molecule has 12 nitrogen and oxygen atoms in total. The predicted octanol–water partition coefficient (Wildman–Crippen LogP) is 5.11. The van der Waals surface area contributed by atoms with Gasteiger partial charge in [0.15, 0.2) is 5.69 Å². The normalized spacial score (nSPS) is 15.6. The number of hydrogen-bond acceptors (Lipinski definition) is 7. The number of carbonyl (C=O) groups is 4. The number of aryl methyl sites for hydroxylation is 2. The van der Waals surface area contributed by atoms with Crippen LogP contribution in [0.2, 0.25) is 0 Å². The summed E-state index contributed by atoms with van der Waals surface area (Å²) in [5, 5.41) is 16.5. The summed E-state index contributed by atoms with van der Waals surface area (Å²) in [5.41, 5.74) is 4.44. The maximum atomic E-state index is 13.3. The molecule has 47 heavy (non-hydrogen) atoms. The summed E-state index contributed by atoms with van der Waals surface area (Å²) >= 11 is 0. The molecule has 0 aliphatic carbocycles. The fourth-order valence-corrected chi connectivity index (χ4v) is 5.77. The number of carbonyl (C=O) groups excluding carboxylic acids is 3. The van der Waals surface area contributed by atoms with Crippen LogP contribution in [0.3, 0.4) is 0 Å². The molecule has 2 unspecified atom stereocenters. The number of anilines is 3. The first-order valence-electron chi connectivity index (χ1n) is 15.1. The van der Waals surface area contributed by atoms with E-state index < -0.39 is 17.8 Å². The number of para-hydroxylation sites is 1. The highest BCUT2D eigenvalue weighted by Gasteiger charge is 2.41. The van der Waals surface area contributed by atoms with Gasteiger partial charge in [0.1, 0.15) is 11.5 Å². The summed E-state index contributed by atoms with van der Waals surface area (Å²) < 4.78 is 10.5. The van der Waals surface area contributed by atoms with Gasteiger partial charge in [-0.2, -0.15) is 0 Å². The molecule has 1 aliphatic rings. The Morgan fingerprint density at radius 1 is 0.979 bits per heavy atom. The number of carboxylic acid groups (broad SMARTS) is 1. The predicted molar refractivity (Wildman–Crippen MR) is 176 cm³/mol. The van der Waals surface area contributed by atoms with Crippen LogP contribution in [0.25, 0.3) is 0 Å². The summed E-state index contributed by atoms with van der Waals surface area (Å²) in [6, 6.07) is 21.1. The SMILES string of the molecule is COc1cc(CC(=O)N(C)c2ccc(C3CN(C(=O)c4cc(C)on4)CC3C(=O)O)cc2)ccc1NC(=O)N(C)c1ccccc1C. The summed E-state index contributed by atoms with van der Waals surface area (Å²) in [6.07, 6.45) is 0.0776. The molecule has 4 aromatic rings. The van der Waals surface area contributed by atoms with Crippen molar-refractivity contribution in [3.05, 3.63) is 101 Å². The first kappa shape index (κ1) is 32.7. The molecule has 2 atom stereocenters. The van der Waals surface area contributed by atoms with Crippen LogP contribution in [-0.4, -0.2) is 73.3 Å². The van der Waals surface area contributed by atoms with E-state index in [0.717, 1.165) is 16.8 Å². The van der Waals surface area contributed by atoms with Crippen molar-refractivity contribution in [3.8, 4) is 5.75 Å². The summed E-state index contributed by atoms with van der Waals surface area (Å²) in [6.45, 7) is 3.89.